The standard InChI is InChI=1S/C9H19NO/c1-7(2)3-4-8-5-10-6-9(8)11/h7-11H,3-6H2,1-2H3. The molecule has 2 heteroatoms. The van der Waals surface area contributed by atoms with Gasteiger partial charge in [-0.15, -0.1) is 0 Å². The van der Waals surface area contributed by atoms with Crippen LogP contribution in [0.5, 0.6) is 0 Å². The van der Waals surface area contributed by atoms with E-state index in [1.807, 2.05) is 0 Å². The quantitative estimate of drug-likeness (QED) is 0.640. The third-order valence-corrected chi connectivity index (χ3v) is 2.42. The van der Waals surface area contributed by atoms with Crippen molar-refractivity contribution in [3.05, 3.63) is 0 Å². The van der Waals surface area contributed by atoms with Crippen molar-refractivity contribution in [2.24, 2.45) is 11.8 Å². The Hall–Kier alpha value is -0.0800. The summed E-state index contributed by atoms with van der Waals surface area (Å²) in [4.78, 5) is 0. The van der Waals surface area contributed by atoms with Crippen LogP contribution in [0.25, 0.3) is 0 Å². The van der Waals surface area contributed by atoms with Crippen molar-refractivity contribution in [3.63, 3.8) is 0 Å². The Kier molecular flexibility index (Phi) is 3.34. The molecule has 0 aromatic rings. The first kappa shape index (κ1) is 9.01. The molecule has 0 aromatic carbocycles. The van der Waals surface area contributed by atoms with Crippen LogP contribution in [-0.2, 0) is 0 Å². The zero-order valence-corrected chi connectivity index (χ0v) is 7.51. The van der Waals surface area contributed by atoms with Crippen molar-refractivity contribution < 1.29 is 5.11 Å². The first-order valence-corrected chi connectivity index (χ1v) is 4.59. The highest BCUT2D eigenvalue weighted by Crippen LogP contribution is 2.18. The fourth-order valence-electron chi connectivity index (χ4n) is 1.56. The third-order valence-electron chi connectivity index (χ3n) is 2.42. The maximum Gasteiger partial charge on any atom is 0.0704 e. The molecule has 2 unspecified atom stereocenters. The molecule has 66 valence electrons. The molecule has 11 heavy (non-hydrogen) atoms. The number of aliphatic hydroxyl groups excluding tert-OH is 1. The van der Waals surface area contributed by atoms with Crippen LogP contribution >= 0.6 is 0 Å². The Balaban J connectivity index is 2.15. The smallest absolute Gasteiger partial charge is 0.0704 e. The van der Waals surface area contributed by atoms with Crippen molar-refractivity contribution in [1.82, 2.24) is 5.32 Å². The van der Waals surface area contributed by atoms with E-state index in [0.29, 0.717) is 5.92 Å². The van der Waals surface area contributed by atoms with E-state index >= 15 is 0 Å². The summed E-state index contributed by atoms with van der Waals surface area (Å²) in [5, 5.41) is 12.6. The number of hydrogen-bond donors (Lipinski definition) is 2. The van der Waals surface area contributed by atoms with Gasteiger partial charge in [0.15, 0.2) is 0 Å². The maximum atomic E-state index is 9.44. The lowest BCUT2D eigenvalue weighted by Gasteiger charge is -2.13. The van der Waals surface area contributed by atoms with Gasteiger partial charge < -0.3 is 10.4 Å². The summed E-state index contributed by atoms with van der Waals surface area (Å²) in [6.07, 6.45) is 2.32. The van der Waals surface area contributed by atoms with Crippen molar-refractivity contribution in [2.75, 3.05) is 13.1 Å². The van der Waals surface area contributed by atoms with Gasteiger partial charge in [0.25, 0.3) is 0 Å². The van der Waals surface area contributed by atoms with Gasteiger partial charge in [-0.3, -0.25) is 0 Å². The maximum absolute atomic E-state index is 9.44. The van der Waals surface area contributed by atoms with E-state index in [1.165, 1.54) is 12.8 Å². The van der Waals surface area contributed by atoms with Crippen LogP contribution in [0.3, 0.4) is 0 Å². The molecule has 0 spiro atoms. The molecule has 2 atom stereocenters. The number of nitrogens with one attached hydrogen (secondary N) is 1. The summed E-state index contributed by atoms with van der Waals surface area (Å²) in [5.74, 6) is 1.28. The second-order valence-corrected chi connectivity index (χ2v) is 3.96. The molecule has 0 amide bonds. The van der Waals surface area contributed by atoms with E-state index in [1.54, 1.807) is 0 Å². The van der Waals surface area contributed by atoms with E-state index in [0.717, 1.165) is 19.0 Å². The molecule has 1 aliphatic rings. The van der Waals surface area contributed by atoms with Gasteiger partial charge in [-0.25, -0.2) is 0 Å². The number of rotatable bonds is 3. The van der Waals surface area contributed by atoms with Crippen molar-refractivity contribution in [3.8, 4) is 0 Å². The first-order valence-electron chi connectivity index (χ1n) is 4.59. The molecule has 1 saturated heterocycles. The third kappa shape index (κ3) is 2.80. The molecule has 0 aliphatic carbocycles. The lowest BCUT2D eigenvalue weighted by atomic mass is 9.96. The van der Waals surface area contributed by atoms with Gasteiger partial charge in [-0.1, -0.05) is 20.3 Å². The Morgan fingerprint density at radius 1 is 1.45 bits per heavy atom. The van der Waals surface area contributed by atoms with Crippen LogP contribution in [0.2, 0.25) is 0 Å². The predicted octanol–water partition coefficient (Wildman–Crippen LogP) is 1.00. The Labute approximate surface area is 69.0 Å². The number of aliphatic hydroxyl groups is 1. The Morgan fingerprint density at radius 2 is 2.18 bits per heavy atom. The van der Waals surface area contributed by atoms with Gasteiger partial charge in [-0.05, 0) is 18.3 Å². The van der Waals surface area contributed by atoms with Gasteiger partial charge >= 0.3 is 0 Å². The van der Waals surface area contributed by atoms with Gasteiger partial charge in [0.05, 0.1) is 6.10 Å². The molecule has 0 bridgehead atoms. The minimum Gasteiger partial charge on any atom is -0.391 e. The van der Waals surface area contributed by atoms with Crippen LogP contribution in [0.15, 0.2) is 0 Å². The summed E-state index contributed by atoms with van der Waals surface area (Å²) in [5.41, 5.74) is 0. The monoisotopic (exact) mass is 157 g/mol. The molecule has 1 fully saturated rings. The largest absolute Gasteiger partial charge is 0.391 e. The molecular weight excluding hydrogens is 138 g/mol. The van der Waals surface area contributed by atoms with Crippen LogP contribution in [0.1, 0.15) is 26.7 Å². The summed E-state index contributed by atoms with van der Waals surface area (Å²) in [6, 6.07) is 0. The molecule has 0 saturated carbocycles. The average Bonchev–Trinajstić information content (AvgIpc) is 2.31. The van der Waals surface area contributed by atoms with E-state index in [4.69, 9.17) is 0 Å². The summed E-state index contributed by atoms with van der Waals surface area (Å²) < 4.78 is 0. The molecule has 1 rings (SSSR count). The van der Waals surface area contributed by atoms with Crippen molar-refractivity contribution in [1.29, 1.82) is 0 Å². The van der Waals surface area contributed by atoms with Gasteiger partial charge in [-0.2, -0.15) is 0 Å². The second-order valence-electron chi connectivity index (χ2n) is 3.96. The lowest BCUT2D eigenvalue weighted by molar-refractivity contribution is 0.139. The van der Waals surface area contributed by atoms with E-state index in [2.05, 4.69) is 19.2 Å². The molecule has 2 N–H and O–H groups in total. The fraction of sp³-hybridized carbons (Fsp3) is 1.00. The average molecular weight is 157 g/mol. The molecular formula is C9H19NO. The highest BCUT2D eigenvalue weighted by Gasteiger charge is 2.24. The number of β-amino-alcohol motifs (C(OH)–C–C–N with tert-alkyl or cyclic N) is 1. The van der Waals surface area contributed by atoms with Gasteiger partial charge in [0.2, 0.25) is 0 Å². The van der Waals surface area contributed by atoms with Crippen LogP contribution in [0.4, 0.5) is 0 Å². The molecule has 0 aromatic heterocycles. The zero-order chi connectivity index (χ0) is 8.27. The van der Waals surface area contributed by atoms with Gasteiger partial charge in [0, 0.05) is 13.1 Å². The first-order chi connectivity index (χ1) is 5.20. The highest BCUT2D eigenvalue weighted by molar-refractivity contribution is 4.80. The van der Waals surface area contributed by atoms with E-state index in [-0.39, 0.29) is 6.10 Å². The van der Waals surface area contributed by atoms with Crippen LogP contribution in [-0.4, -0.2) is 24.3 Å². The summed E-state index contributed by atoms with van der Waals surface area (Å²) >= 11 is 0. The second kappa shape index (κ2) is 4.07. The minimum absolute atomic E-state index is 0.0891. The van der Waals surface area contributed by atoms with Gasteiger partial charge in [0.1, 0.15) is 0 Å². The predicted molar refractivity (Wildman–Crippen MR) is 46.4 cm³/mol. The molecule has 0 radical (unpaired) electrons. The minimum atomic E-state index is -0.0891. The van der Waals surface area contributed by atoms with Crippen molar-refractivity contribution >= 4 is 0 Å². The Morgan fingerprint density at radius 3 is 2.64 bits per heavy atom. The summed E-state index contributed by atoms with van der Waals surface area (Å²) in [7, 11) is 0. The van der Waals surface area contributed by atoms with E-state index < -0.39 is 0 Å². The molecule has 2 nitrogen and oxygen atoms in total. The van der Waals surface area contributed by atoms with Crippen LogP contribution < -0.4 is 5.32 Å². The Bertz CT molecular complexity index is 114. The van der Waals surface area contributed by atoms with Crippen molar-refractivity contribution in [2.45, 2.75) is 32.8 Å². The summed E-state index contributed by atoms with van der Waals surface area (Å²) in [6.45, 7) is 6.26. The normalized spacial score (nSPS) is 31.6. The SMILES string of the molecule is CC(C)CCC1CNCC1O. The zero-order valence-electron chi connectivity index (χ0n) is 7.51. The topological polar surface area (TPSA) is 32.3 Å². The lowest BCUT2D eigenvalue weighted by Crippen LogP contribution is -2.18. The van der Waals surface area contributed by atoms with E-state index in [9.17, 15) is 5.11 Å². The molecule has 1 heterocycles. The molecule has 1 aliphatic heterocycles. The highest BCUT2D eigenvalue weighted by atomic mass is 16.3. The fourth-order valence-corrected chi connectivity index (χ4v) is 1.56. The van der Waals surface area contributed by atoms with Crippen LogP contribution in [0, 0.1) is 11.8 Å². The number of hydrogen-bond acceptors (Lipinski definition) is 2.